The zero-order chi connectivity index (χ0) is 29.6. The van der Waals surface area contributed by atoms with Gasteiger partial charge >= 0.3 is 5.97 Å². The molecule has 12 nitrogen and oxygen atoms in total. The van der Waals surface area contributed by atoms with Gasteiger partial charge in [0.25, 0.3) is 5.91 Å². The molecule has 1 aromatic carbocycles. The van der Waals surface area contributed by atoms with Gasteiger partial charge in [-0.15, -0.1) is 0 Å². The summed E-state index contributed by atoms with van der Waals surface area (Å²) in [5.41, 5.74) is 8.66. The fourth-order valence-corrected chi connectivity index (χ4v) is 4.67. The molecule has 0 saturated carbocycles. The van der Waals surface area contributed by atoms with Crippen molar-refractivity contribution in [3.05, 3.63) is 57.0 Å². The predicted octanol–water partition coefficient (Wildman–Crippen LogP) is 5.22. The molecule has 2 atom stereocenters. The van der Waals surface area contributed by atoms with Gasteiger partial charge in [0.1, 0.15) is 23.2 Å². The lowest BCUT2D eigenvalue weighted by atomic mass is 9.99. The van der Waals surface area contributed by atoms with E-state index in [1.165, 1.54) is 0 Å². The highest BCUT2D eigenvalue weighted by molar-refractivity contribution is 6.33. The summed E-state index contributed by atoms with van der Waals surface area (Å²) in [7, 11) is 0. The van der Waals surface area contributed by atoms with Crippen molar-refractivity contribution in [1.29, 1.82) is 0 Å². The van der Waals surface area contributed by atoms with Crippen molar-refractivity contribution >= 4 is 29.2 Å². The molecule has 0 bridgehead atoms. The molecule has 3 rings (SSSR count). The molecule has 1 unspecified atom stereocenters. The minimum atomic E-state index is -0.812. The number of hydrogen-bond acceptors (Lipinski definition) is 9. The van der Waals surface area contributed by atoms with Crippen LogP contribution in [0.2, 0.25) is 5.02 Å². The Morgan fingerprint density at radius 2 is 2.00 bits per heavy atom. The Labute approximate surface area is 243 Å². The van der Waals surface area contributed by atoms with Gasteiger partial charge in [0, 0.05) is 50.1 Å². The molecule has 222 valence electrons. The van der Waals surface area contributed by atoms with E-state index in [2.05, 4.69) is 15.2 Å². The van der Waals surface area contributed by atoms with Crippen molar-refractivity contribution in [2.24, 2.45) is 10.3 Å². The number of carbonyl (C=O) groups is 2. The van der Waals surface area contributed by atoms with Gasteiger partial charge in [0.05, 0.1) is 16.8 Å². The molecule has 1 fully saturated rings. The lowest BCUT2D eigenvalue weighted by molar-refractivity contribution is -0.137. The SMILES string of the molecule is C[C@@H]1C/C=C/C(OCCCN=[N+]=[N-])C/C=C/C(=N\OCC(=O)N2CCCCC2)Cc2c(Cl)c(O)cc(O)c2C(=O)O1. The van der Waals surface area contributed by atoms with E-state index in [9.17, 15) is 19.8 Å². The van der Waals surface area contributed by atoms with E-state index < -0.39 is 23.6 Å². The van der Waals surface area contributed by atoms with Crippen LogP contribution in [-0.2, 0) is 25.5 Å². The average Bonchev–Trinajstić information content (AvgIpc) is 2.95. The summed E-state index contributed by atoms with van der Waals surface area (Å²) >= 11 is 6.39. The number of aromatic hydroxyl groups is 2. The number of hydrogen-bond donors (Lipinski definition) is 2. The Balaban J connectivity index is 1.88. The number of likely N-dealkylation sites (tertiary alicyclic amines) is 1. The molecular formula is C28H36ClN5O7. The van der Waals surface area contributed by atoms with Gasteiger partial charge < -0.3 is 29.4 Å². The Morgan fingerprint density at radius 1 is 1.22 bits per heavy atom. The Kier molecular flexibility index (Phi) is 12.8. The third kappa shape index (κ3) is 10.00. The summed E-state index contributed by atoms with van der Waals surface area (Å²) in [6, 6.07) is 0.987. The van der Waals surface area contributed by atoms with Crippen molar-refractivity contribution in [2.75, 3.05) is 32.8 Å². The number of piperidine rings is 1. The van der Waals surface area contributed by atoms with E-state index in [-0.39, 0.29) is 46.9 Å². The fraction of sp³-hybridized carbons (Fsp3) is 0.536. The maximum atomic E-state index is 13.1. The third-order valence-electron chi connectivity index (χ3n) is 6.57. The topological polar surface area (TPSA) is 167 Å². The third-order valence-corrected chi connectivity index (χ3v) is 6.99. The zero-order valence-electron chi connectivity index (χ0n) is 23.1. The van der Waals surface area contributed by atoms with Crippen LogP contribution in [0.4, 0.5) is 0 Å². The number of allylic oxidation sites excluding steroid dienone is 1. The van der Waals surface area contributed by atoms with Crippen LogP contribution in [0.25, 0.3) is 10.4 Å². The van der Waals surface area contributed by atoms with Crippen molar-refractivity contribution in [3.63, 3.8) is 0 Å². The van der Waals surface area contributed by atoms with Crippen LogP contribution >= 0.6 is 11.6 Å². The van der Waals surface area contributed by atoms with Gasteiger partial charge in [-0.05, 0) is 56.2 Å². The van der Waals surface area contributed by atoms with Crippen LogP contribution < -0.4 is 0 Å². The van der Waals surface area contributed by atoms with E-state index in [1.54, 1.807) is 24.0 Å². The van der Waals surface area contributed by atoms with E-state index in [0.29, 0.717) is 45.5 Å². The Hall–Kier alpha value is -3.73. The Bertz CT molecular complexity index is 1210. The van der Waals surface area contributed by atoms with E-state index >= 15 is 0 Å². The molecule has 41 heavy (non-hydrogen) atoms. The molecule has 13 heteroatoms. The zero-order valence-corrected chi connectivity index (χ0v) is 23.8. The molecule has 1 amide bonds. The second-order valence-corrected chi connectivity index (χ2v) is 10.2. The minimum absolute atomic E-state index is 0.106. The highest BCUT2D eigenvalue weighted by Gasteiger charge is 2.26. The number of azide groups is 1. The minimum Gasteiger partial charge on any atom is -0.507 e. The van der Waals surface area contributed by atoms with Gasteiger partial charge in [0.15, 0.2) is 6.61 Å². The molecule has 0 spiro atoms. The summed E-state index contributed by atoms with van der Waals surface area (Å²) in [5, 5.41) is 28.4. The summed E-state index contributed by atoms with van der Waals surface area (Å²) in [5.74, 6) is -1.88. The first kappa shape index (κ1) is 31.8. The molecular weight excluding hydrogens is 554 g/mol. The van der Waals surface area contributed by atoms with Crippen LogP contribution in [-0.4, -0.2) is 77.8 Å². The van der Waals surface area contributed by atoms with Crippen LogP contribution in [0.1, 0.15) is 61.4 Å². The standard InChI is InChI=1S/C28H36ClN5O7/c1-19-8-5-10-21(39-15-7-12-31-33-30)11-6-9-20(32-40-18-25(37)34-13-3-2-4-14-34)16-22-26(28(38)41-19)23(35)17-24(36)27(22)29/h5-6,9-10,17,19,21,35-36H,2-4,7-8,11-16,18H2,1H3/b9-6+,10-5+,32-20+/t19-,21?/m1/s1. The first-order valence-electron chi connectivity index (χ1n) is 13.7. The van der Waals surface area contributed by atoms with Gasteiger partial charge in [-0.25, -0.2) is 4.79 Å². The Morgan fingerprint density at radius 3 is 2.76 bits per heavy atom. The number of rotatable bonds is 8. The second-order valence-electron chi connectivity index (χ2n) is 9.79. The molecule has 2 heterocycles. The predicted molar refractivity (Wildman–Crippen MR) is 153 cm³/mol. The number of esters is 1. The molecule has 1 aromatic rings. The molecule has 2 aliphatic rings. The van der Waals surface area contributed by atoms with E-state index in [0.717, 1.165) is 25.3 Å². The highest BCUT2D eigenvalue weighted by atomic mass is 35.5. The van der Waals surface area contributed by atoms with Crippen LogP contribution in [0, 0.1) is 0 Å². The van der Waals surface area contributed by atoms with Crippen LogP contribution in [0.3, 0.4) is 0 Å². The summed E-state index contributed by atoms with van der Waals surface area (Å²) in [6.45, 7) is 3.50. The summed E-state index contributed by atoms with van der Waals surface area (Å²) < 4.78 is 11.5. The van der Waals surface area contributed by atoms with Crippen molar-refractivity contribution in [1.82, 2.24) is 4.90 Å². The van der Waals surface area contributed by atoms with Crippen LogP contribution in [0.15, 0.2) is 40.6 Å². The lowest BCUT2D eigenvalue weighted by Gasteiger charge is -2.26. The number of phenolic OH excluding ortho intramolecular Hbond substituents is 2. The molecule has 1 saturated heterocycles. The summed E-state index contributed by atoms with van der Waals surface area (Å²) in [4.78, 5) is 35.6. The largest absolute Gasteiger partial charge is 0.507 e. The first-order valence-corrected chi connectivity index (χ1v) is 14.0. The number of phenols is 2. The number of carbonyl (C=O) groups excluding carboxylic acids is 2. The average molecular weight is 590 g/mol. The van der Waals surface area contributed by atoms with Gasteiger partial charge in [-0.3, -0.25) is 4.79 Å². The van der Waals surface area contributed by atoms with Crippen molar-refractivity contribution in [3.8, 4) is 11.5 Å². The monoisotopic (exact) mass is 589 g/mol. The normalized spacial score (nSPS) is 22.5. The van der Waals surface area contributed by atoms with E-state index in [1.807, 2.05) is 12.2 Å². The number of cyclic esters (lactones) is 1. The molecule has 0 aromatic heterocycles. The number of nitrogens with zero attached hydrogens (tertiary/aromatic N) is 5. The molecule has 2 N–H and O–H groups in total. The van der Waals surface area contributed by atoms with Gasteiger partial charge in [-0.1, -0.05) is 40.1 Å². The number of ether oxygens (including phenoxy) is 2. The number of fused-ring (bicyclic) bond motifs is 1. The number of benzene rings is 1. The first-order chi connectivity index (χ1) is 19.8. The lowest BCUT2D eigenvalue weighted by Crippen LogP contribution is -2.37. The highest BCUT2D eigenvalue weighted by Crippen LogP contribution is 2.37. The molecule has 0 radical (unpaired) electrons. The summed E-state index contributed by atoms with van der Waals surface area (Å²) in [6.07, 6.45) is 10.6. The van der Waals surface area contributed by atoms with Crippen LogP contribution in [0.5, 0.6) is 11.5 Å². The van der Waals surface area contributed by atoms with Gasteiger partial charge in [0.2, 0.25) is 0 Å². The maximum absolute atomic E-state index is 13.1. The second kappa shape index (κ2) is 16.5. The van der Waals surface area contributed by atoms with E-state index in [4.69, 9.17) is 31.4 Å². The smallest absolute Gasteiger partial charge is 0.342 e. The fourth-order valence-electron chi connectivity index (χ4n) is 4.45. The molecule has 2 aliphatic heterocycles. The maximum Gasteiger partial charge on any atom is 0.342 e. The molecule has 0 aliphatic carbocycles. The number of oxime groups is 1. The van der Waals surface area contributed by atoms with Crippen molar-refractivity contribution < 1.29 is 34.1 Å². The van der Waals surface area contributed by atoms with Crippen molar-refractivity contribution in [2.45, 2.75) is 64.1 Å². The quantitative estimate of drug-likeness (QED) is 0.0797. The van der Waals surface area contributed by atoms with Gasteiger partial charge in [-0.2, -0.15) is 0 Å². The number of halogens is 1. The number of amides is 1.